The molecule has 1 N–H and O–H groups in total. The van der Waals surface area contributed by atoms with Gasteiger partial charge in [0.15, 0.2) is 11.5 Å². The first-order chi connectivity index (χ1) is 13.5. The molecule has 5 nitrogen and oxygen atoms in total. The van der Waals surface area contributed by atoms with E-state index in [9.17, 15) is 4.79 Å². The van der Waals surface area contributed by atoms with Crippen LogP contribution >= 0.6 is 0 Å². The van der Waals surface area contributed by atoms with Gasteiger partial charge in [0, 0.05) is 42.2 Å². The molecule has 1 aromatic carbocycles. The second-order valence-corrected chi connectivity index (χ2v) is 7.98. The second kappa shape index (κ2) is 7.32. The number of carbonyl (C=O) groups excluding carboxylic acids is 1. The number of carbonyl (C=O) groups is 1. The van der Waals surface area contributed by atoms with Crippen molar-refractivity contribution in [3.05, 3.63) is 65.2 Å². The molecule has 0 amide bonds. The molecule has 3 aromatic rings. The molecular weight excluding hydrogens is 350 g/mol. The molecule has 0 fully saturated rings. The van der Waals surface area contributed by atoms with Crippen molar-refractivity contribution in [3.63, 3.8) is 0 Å². The van der Waals surface area contributed by atoms with E-state index < -0.39 is 5.41 Å². The van der Waals surface area contributed by atoms with Gasteiger partial charge >= 0.3 is 0 Å². The second-order valence-electron chi connectivity index (χ2n) is 7.98. The molecule has 5 heteroatoms. The number of ketones is 1. The Morgan fingerprint density at radius 3 is 2.93 bits per heavy atom. The van der Waals surface area contributed by atoms with Gasteiger partial charge in [0.1, 0.15) is 6.61 Å². The molecule has 144 valence electrons. The van der Waals surface area contributed by atoms with Gasteiger partial charge in [-0.3, -0.25) is 14.8 Å². The lowest BCUT2D eigenvalue weighted by Gasteiger charge is -2.26. The average molecular weight is 375 g/mol. The fourth-order valence-corrected chi connectivity index (χ4v) is 3.86. The summed E-state index contributed by atoms with van der Waals surface area (Å²) in [5.41, 5.74) is 2.90. The Hall–Kier alpha value is -2.79. The van der Waals surface area contributed by atoms with E-state index in [1.165, 1.54) is 0 Å². The van der Waals surface area contributed by atoms with E-state index in [1.807, 2.05) is 19.1 Å². The van der Waals surface area contributed by atoms with Crippen molar-refractivity contribution in [1.29, 1.82) is 0 Å². The number of Topliss-reactive ketones (excluding diaryl/α,β-unsaturated/α-hetero) is 1. The van der Waals surface area contributed by atoms with Crippen molar-refractivity contribution in [3.8, 4) is 5.75 Å². The lowest BCUT2D eigenvalue weighted by Crippen LogP contribution is -2.24. The zero-order valence-corrected chi connectivity index (χ0v) is 16.6. The highest BCUT2D eigenvalue weighted by atomic mass is 16.5. The van der Waals surface area contributed by atoms with Crippen LogP contribution in [-0.4, -0.2) is 28.9 Å². The number of pyridine rings is 2. The van der Waals surface area contributed by atoms with E-state index in [1.54, 1.807) is 12.3 Å². The Morgan fingerprint density at radius 2 is 2.07 bits per heavy atom. The SMILES string of the molecule is Cc1cc2ccccc2c(C(C)(C)CC(=O)c2ccnc3c2OCCNC3)n1. The van der Waals surface area contributed by atoms with Crippen molar-refractivity contribution in [1.82, 2.24) is 15.3 Å². The predicted molar refractivity (Wildman–Crippen MR) is 110 cm³/mol. The fourth-order valence-electron chi connectivity index (χ4n) is 3.86. The van der Waals surface area contributed by atoms with E-state index in [2.05, 4.69) is 42.3 Å². The minimum atomic E-state index is -0.415. The number of nitrogens with zero attached hydrogens (tertiary/aromatic N) is 2. The fraction of sp³-hybridized carbons (Fsp3) is 0.348. The molecule has 3 heterocycles. The quantitative estimate of drug-likeness (QED) is 0.699. The summed E-state index contributed by atoms with van der Waals surface area (Å²) in [6.45, 7) is 8.06. The van der Waals surface area contributed by atoms with E-state index in [-0.39, 0.29) is 5.78 Å². The Labute approximate surface area is 165 Å². The Kier molecular flexibility index (Phi) is 4.85. The monoisotopic (exact) mass is 375 g/mol. The van der Waals surface area contributed by atoms with Crippen LogP contribution in [0.2, 0.25) is 0 Å². The van der Waals surface area contributed by atoms with Crippen LogP contribution in [0.5, 0.6) is 5.75 Å². The van der Waals surface area contributed by atoms with Crippen molar-refractivity contribution in [2.24, 2.45) is 0 Å². The number of aromatic nitrogens is 2. The maximum Gasteiger partial charge on any atom is 0.167 e. The molecule has 28 heavy (non-hydrogen) atoms. The van der Waals surface area contributed by atoms with Gasteiger partial charge in [-0.15, -0.1) is 0 Å². The Morgan fingerprint density at radius 1 is 1.25 bits per heavy atom. The molecule has 0 unspecified atom stereocenters. The van der Waals surface area contributed by atoms with Gasteiger partial charge in [0.05, 0.1) is 17.0 Å². The van der Waals surface area contributed by atoms with Crippen LogP contribution in [0.25, 0.3) is 10.8 Å². The van der Waals surface area contributed by atoms with Crippen molar-refractivity contribution < 1.29 is 9.53 Å². The van der Waals surface area contributed by atoms with Crippen LogP contribution in [0.1, 0.15) is 47.7 Å². The lowest BCUT2D eigenvalue weighted by atomic mass is 9.80. The van der Waals surface area contributed by atoms with Crippen LogP contribution in [-0.2, 0) is 12.0 Å². The number of rotatable bonds is 4. The molecule has 0 bridgehead atoms. The van der Waals surface area contributed by atoms with Crippen molar-refractivity contribution >= 4 is 16.6 Å². The zero-order chi connectivity index (χ0) is 19.7. The van der Waals surface area contributed by atoms with Gasteiger partial charge in [0.2, 0.25) is 0 Å². The van der Waals surface area contributed by atoms with Crippen molar-refractivity contribution in [2.75, 3.05) is 13.2 Å². The van der Waals surface area contributed by atoms with Crippen LogP contribution in [0, 0.1) is 6.92 Å². The van der Waals surface area contributed by atoms with Crippen LogP contribution in [0.4, 0.5) is 0 Å². The normalized spacial score (nSPS) is 14.2. The van der Waals surface area contributed by atoms with Gasteiger partial charge in [-0.05, 0) is 24.4 Å². The molecule has 4 rings (SSSR count). The average Bonchev–Trinajstić information content (AvgIpc) is 2.92. The summed E-state index contributed by atoms with van der Waals surface area (Å²) in [6.07, 6.45) is 2.04. The number of ether oxygens (including phenoxy) is 1. The topological polar surface area (TPSA) is 64.1 Å². The van der Waals surface area contributed by atoms with Crippen LogP contribution in [0.3, 0.4) is 0 Å². The highest BCUT2D eigenvalue weighted by Gasteiger charge is 2.30. The third-order valence-corrected chi connectivity index (χ3v) is 5.21. The van der Waals surface area contributed by atoms with Crippen LogP contribution < -0.4 is 10.1 Å². The van der Waals surface area contributed by atoms with E-state index in [0.717, 1.165) is 34.4 Å². The number of nitrogens with one attached hydrogen (secondary N) is 1. The summed E-state index contributed by atoms with van der Waals surface area (Å²) in [7, 11) is 0. The molecule has 0 saturated carbocycles. The molecular formula is C23H25N3O2. The molecule has 0 saturated heterocycles. The standard InChI is InChI=1S/C23H25N3O2/c1-15-12-16-6-4-5-7-17(16)22(26-15)23(2,3)13-20(27)18-8-9-25-19-14-24-10-11-28-21(18)19/h4-9,12,24H,10-11,13-14H2,1-3H3. The summed E-state index contributed by atoms with van der Waals surface area (Å²) in [5.74, 6) is 0.674. The Bertz CT molecular complexity index is 1040. The summed E-state index contributed by atoms with van der Waals surface area (Å²) in [6, 6.07) is 12.1. The molecule has 2 aromatic heterocycles. The van der Waals surface area contributed by atoms with Gasteiger partial charge < -0.3 is 10.1 Å². The number of fused-ring (bicyclic) bond motifs is 2. The maximum absolute atomic E-state index is 13.3. The smallest absolute Gasteiger partial charge is 0.167 e. The summed E-state index contributed by atoms with van der Waals surface area (Å²) in [4.78, 5) is 22.5. The maximum atomic E-state index is 13.3. The zero-order valence-electron chi connectivity index (χ0n) is 16.6. The molecule has 0 atom stereocenters. The van der Waals surface area contributed by atoms with E-state index in [0.29, 0.717) is 30.9 Å². The third-order valence-electron chi connectivity index (χ3n) is 5.21. The van der Waals surface area contributed by atoms with E-state index in [4.69, 9.17) is 9.72 Å². The molecule has 0 radical (unpaired) electrons. The first-order valence-electron chi connectivity index (χ1n) is 9.67. The molecule has 1 aliphatic rings. The first kappa shape index (κ1) is 18.6. The lowest BCUT2D eigenvalue weighted by molar-refractivity contribution is 0.0953. The molecule has 1 aliphatic heterocycles. The highest BCUT2D eigenvalue weighted by Crippen LogP contribution is 2.35. The van der Waals surface area contributed by atoms with Gasteiger partial charge in [0.25, 0.3) is 0 Å². The Balaban J connectivity index is 1.71. The molecule has 0 spiro atoms. The molecule has 0 aliphatic carbocycles. The number of aryl methyl sites for hydroxylation is 1. The first-order valence-corrected chi connectivity index (χ1v) is 9.67. The predicted octanol–water partition coefficient (Wildman–Crippen LogP) is 3.97. The largest absolute Gasteiger partial charge is 0.490 e. The number of hydrogen-bond donors (Lipinski definition) is 1. The summed E-state index contributed by atoms with van der Waals surface area (Å²) >= 11 is 0. The third kappa shape index (κ3) is 3.50. The van der Waals surface area contributed by atoms with Gasteiger partial charge in [-0.2, -0.15) is 0 Å². The summed E-state index contributed by atoms with van der Waals surface area (Å²) in [5, 5.41) is 5.51. The highest BCUT2D eigenvalue weighted by molar-refractivity contribution is 6.00. The van der Waals surface area contributed by atoms with E-state index >= 15 is 0 Å². The van der Waals surface area contributed by atoms with Gasteiger partial charge in [-0.1, -0.05) is 38.1 Å². The minimum Gasteiger partial charge on any atom is -0.490 e. The number of hydrogen-bond acceptors (Lipinski definition) is 5. The number of benzene rings is 1. The van der Waals surface area contributed by atoms with Crippen LogP contribution in [0.15, 0.2) is 42.6 Å². The summed E-state index contributed by atoms with van der Waals surface area (Å²) < 4.78 is 5.85. The van der Waals surface area contributed by atoms with Crippen molar-refractivity contribution in [2.45, 2.75) is 39.2 Å². The van der Waals surface area contributed by atoms with Gasteiger partial charge in [-0.25, -0.2) is 0 Å². The minimum absolute atomic E-state index is 0.0536.